The molecule has 0 radical (unpaired) electrons. The number of hydrogen-bond acceptors (Lipinski definition) is 5. The first-order valence-electron chi connectivity index (χ1n) is 9.79. The van der Waals surface area contributed by atoms with Gasteiger partial charge in [0, 0.05) is 17.4 Å². The normalized spacial score (nSPS) is 30.6. The molecule has 1 heterocycles. The molecular weight excluding hydrogens is 380 g/mol. The smallest absolute Gasteiger partial charge is 0.274 e. The molecule has 0 aliphatic carbocycles. The summed E-state index contributed by atoms with van der Waals surface area (Å²) in [4.78, 5) is 11.3. The number of nitro groups is 1. The van der Waals surface area contributed by atoms with Crippen LogP contribution in [0.1, 0.15) is 52.6 Å². The highest BCUT2D eigenvalue weighted by molar-refractivity contribution is 8.28. The zero-order valence-electron chi connectivity index (χ0n) is 16.9. The van der Waals surface area contributed by atoms with Crippen molar-refractivity contribution in [2.75, 3.05) is 11.5 Å². The van der Waals surface area contributed by atoms with Crippen molar-refractivity contribution in [2.45, 2.75) is 59.4 Å². The van der Waals surface area contributed by atoms with Crippen molar-refractivity contribution >= 4 is 26.3 Å². The molecule has 0 saturated carbocycles. The van der Waals surface area contributed by atoms with E-state index in [4.69, 9.17) is 15.9 Å². The molecule has 152 valence electrons. The summed E-state index contributed by atoms with van der Waals surface area (Å²) in [5.41, 5.74) is 0.850. The van der Waals surface area contributed by atoms with E-state index in [2.05, 4.69) is 39.9 Å². The van der Waals surface area contributed by atoms with Gasteiger partial charge in [0.05, 0.1) is 17.1 Å². The van der Waals surface area contributed by atoms with Crippen molar-refractivity contribution in [3.8, 4) is 0 Å². The van der Waals surface area contributed by atoms with E-state index in [9.17, 15) is 10.1 Å². The Morgan fingerprint density at radius 1 is 1.22 bits per heavy atom. The minimum atomic E-state index is -0.303. The summed E-state index contributed by atoms with van der Waals surface area (Å²) in [7, 11) is -0.228. The molecule has 0 aromatic heterocycles. The Hall–Kier alpha value is -0.890. The van der Waals surface area contributed by atoms with Crippen molar-refractivity contribution in [3.05, 3.63) is 39.9 Å². The molecule has 0 spiro atoms. The maximum absolute atomic E-state index is 11.6. The highest BCUT2D eigenvalue weighted by Gasteiger charge is 2.39. The summed E-state index contributed by atoms with van der Waals surface area (Å²) in [5, 5.41) is 15.2. The predicted octanol–water partition coefficient (Wildman–Crippen LogP) is 4.37. The van der Waals surface area contributed by atoms with Gasteiger partial charge in [-0.25, -0.2) is 0 Å². The minimum Gasteiger partial charge on any atom is -0.360 e. The average molecular weight is 413 g/mol. The van der Waals surface area contributed by atoms with E-state index in [1.807, 2.05) is 12.1 Å². The number of rotatable bonds is 8. The van der Waals surface area contributed by atoms with Crippen LogP contribution in [0.25, 0.3) is 0 Å². The van der Waals surface area contributed by atoms with Gasteiger partial charge in [-0.1, -0.05) is 64.0 Å². The standard InChI is InChI=1S/C20H32N2O3S2/c1-6-19-14(4)13(3)15(5)20(25-19)21-17(12-27(26)7-2)16-10-8-9-11-18(16)22(23)24/h8-11,13-15,17,19-21H,6-7,12H2,1-5H3/t13-,14+,15?,17?,19?,20+,27?/m0/s1. The summed E-state index contributed by atoms with van der Waals surface area (Å²) in [5.74, 6) is 2.92. The second-order valence-electron chi connectivity index (χ2n) is 7.51. The molecular formula is C20H32N2O3S2. The van der Waals surface area contributed by atoms with Crippen molar-refractivity contribution < 1.29 is 9.66 Å². The topological polar surface area (TPSA) is 64.4 Å². The van der Waals surface area contributed by atoms with Crippen molar-refractivity contribution in [1.82, 2.24) is 5.32 Å². The number of ether oxygens (including phenoxy) is 1. The molecule has 0 bridgehead atoms. The van der Waals surface area contributed by atoms with Gasteiger partial charge in [-0.05, 0) is 29.9 Å². The van der Waals surface area contributed by atoms with Crippen LogP contribution < -0.4 is 5.32 Å². The van der Waals surface area contributed by atoms with Crippen LogP contribution in [-0.2, 0) is 25.4 Å². The third-order valence-corrected chi connectivity index (χ3v) is 8.46. The lowest BCUT2D eigenvalue weighted by Gasteiger charge is -2.45. The zero-order valence-corrected chi connectivity index (χ0v) is 18.5. The summed E-state index contributed by atoms with van der Waals surface area (Å²) < 4.78 is 6.39. The fraction of sp³-hybridized carbons (Fsp3) is 0.700. The van der Waals surface area contributed by atoms with E-state index in [0.717, 1.165) is 12.2 Å². The molecule has 1 aliphatic heterocycles. The van der Waals surface area contributed by atoms with Crippen LogP contribution >= 0.6 is 0 Å². The summed E-state index contributed by atoms with van der Waals surface area (Å²) >= 11 is 5.59. The number of nitro benzene ring substituents is 1. The van der Waals surface area contributed by atoms with E-state index in [-0.39, 0.29) is 38.4 Å². The maximum atomic E-state index is 11.6. The second-order valence-corrected chi connectivity index (χ2v) is 10.7. The van der Waals surface area contributed by atoms with Crippen LogP contribution in [0.3, 0.4) is 0 Å². The molecule has 1 saturated heterocycles. The van der Waals surface area contributed by atoms with Gasteiger partial charge in [0.1, 0.15) is 6.23 Å². The molecule has 1 aromatic rings. The van der Waals surface area contributed by atoms with Crippen LogP contribution in [0.15, 0.2) is 24.3 Å². The van der Waals surface area contributed by atoms with Crippen molar-refractivity contribution in [2.24, 2.45) is 17.8 Å². The summed E-state index contributed by atoms with van der Waals surface area (Å²) in [6.07, 6.45) is 1.04. The Morgan fingerprint density at radius 3 is 2.48 bits per heavy atom. The van der Waals surface area contributed by atoms with Gasteiger partial charge in [0.25, 0.3) is 5.69 Å². The van der Waals surface area contributed by atoms with Crippen LogP contribution in [-0.4, -0.2) is 28.8 Å². The van der Waals surface area contributed by atoms with Gasteiger partial charge < -0.3 is 4.74 Å². The first kappa shape index (κ1) is 22.4. The Morgan fingerprint density at radius 2 is 1.89 bits per heavy atom. The van der Waals surface area contributed by atoms with Crippen LogP contribution in [0.4, 0.5) is 5.69 Å². The van der Waals surface area contributed by atoms with E-state index >= 15 is 0 Å². The predicted molar refractivity (Wildman–Crippen MR) is 116 cm³/mol. The van der Waals surface area contributed by atoms with Gasteiger partial charge >= 0.3 is 0 Å². The molecule has 27 heavy (non-hydrogen) atoms. The number of nitrogens with zero attached hydrogens (tertiary/aromatic N) is 1. The lowest BCUT2D eigenvalue weighted by molar-refractivity contribution is -0.385. The number of nitrogens with one attached hydrogen (secondary N) is 1. The Bertz CT molecular complexity index is 668. The first-order chi connectivity index (χ1) is 12.8. The molecule has 7 atom stereocenters. The number of para-hydroxylation sites is 1. The van der Waals surface area contributed by atoms with E-state index in [1.165, 1.54) is 0 Å². The molecule has 1 aromatic carbocycles. The Labute approximate surface area is 170 Å². The molecule has 1 aliphatic rings. The highest BCUT2D eigenvalue weighted by Crippen LogP contribution is 2.37. The van der Waals surface area contributed by atoms with Gasteiger partial charge in [0.15, 0.2) is 0 Å². The van der Waals surface area contributed by atoms with Crippen LogP contribution in [0.5, 0.6) is 0 Å². The lowest BCUT2D eigenvalue weighted by Crippen LogP contribution is -2.52. The molecule has 2 rings (SSSR count). The summed E-state index contributed by atoms with van der Waals surface area (Å²) in [6.45, 7) is 11.0. The van der Waals surface area contributed by atoms with Crippen molar-refractivity contribution in [3.63, 3.8) is 0 Å². The molecule has 1 N–H and O–H groups in total. The Balaban J connectivity index is 2.32. The quantitative estimate of drug-likeness (QED) is 0.507. The Kier molecular flexibility index (Phi) is 8.34. The van der Waals surface area contributed by atoms with E-state index < -0.39 is 0 Å². The third-order valence-electron chi connectivity index (χ3n) is 6.00. The maximum Gasteiger partial charge on any atom is 0.274 e. The molecule has 0 amide bonds. The zero-order chi connectivity index (χ0) is 20.1. The SMILES string of the molecule is CCC1O[C@@H](NC(CS(=S)CC)c2ccccc2[N+](=O)[O-])C(C)[C@@H](C)[C@H]1C. The number of benzene rings is 1. The van der Waals surface area contributed by atoms with Gasteiger partial charge in [-0.15, -0.1) is 9.45 Å². The third kappa shape index (κ3) is 5.34. The van der Waals surface area contributed by atoms with Crippen LogP contribution in [0, 0.1) is 27.9 Å². The van der Waals surface area contributed by atoms with E-state index in [1.54, 1.807) is 12.1 Å². The highest BCUT2D eigenvalue weighted by atomic mass is 32.8. The minimum absolute atomic E-state index is 0.130. The largest absolute Gasteiger partial charge is 0.360 e. The fourth-order valence-corrected chi connectivity index (χ4v) is 5.16. The molecule has 1 fully saturated rings. The second kappa shape index (κ2) is 10.0. The lowest BCUT2D eigenvalue weighted by atomic mass is 9.77. The van der Waals surface area contributed by atoms with Crippen molar-refractivity contribution in [1.29, 1.82) is 0 Å². The van der Waals surface area contributed by atoms with Gasteiger partial charge in [-0.3, -0.25) is 15.4 Å². The van der Waals surface area contributed by atoms with Gasteiger partial charge in [-0.2, -0.15) is 0 Å². The van der Waals surface area contributed by atoms with Gasteiger partial charge in [0.2, 0.25) is 0 Å². The fourth-order valence-electron chi connectivity index (χ4n) is 3.87. The molecule has 5 nitrogen and oxygen atoms in total. The average Bonchev–Trinajstić information content (AvgIpc) is 2.67. The number of hydrogen-bond donors (Lipinski definition) is 1. The summed E-state index contributed by atoms with van der Waals surface area (Å²) in [6, 6.07) is 6.80. The van der Waals surface area contributed by atoms with E-state index in [0.29, 0.717) is 29.1 Å². The van der Waals surface area contributed by atoms with Crippen LogP contribution in [0.2, 0.25) is 0 Å². The molecule has 4 unspecified atom stereocenters. The first-order valence-corrected chi connectivity index (χ1v) is 12.3. The molecule has 7 heteroatoms. The monoisotopic (exact) mass is 412 g/mol.